The van der Waals surface area contributed by atoms with Crippen LogP contribution in [0.4, 0.5) is 5.82 Å². The summed E-state index contributed by atoms with van der Waals surface area (Å²) in [6, 6.07) is 1.79. The average Bonchev–Trinajstić information content (AvgIpc) is 2.51. The second-order valence-electron chi connectivity index (χ2n) is 6.18. The van der Waals surface area contributed by atoms with Gasteiger partial charge in [0.15, 0.2) is 0 Å². The van der Waals surface area contributed by atoms with Gasteiger partial charge in [-0.05, 0) is 31.2 Å². The van der Waals surface area contributed by atoms with Crippen LogP contribution in [0.1, 0.15) is 24.1 Å². The van der Waals surface area contributed by atoms with Crippen LogP contribution in [0, 0.1) is 5.92 Å². The van der Waals surface area contributed by atoms with Gasteiger partial charge in [-0.1, -0.05) is 0 Å². The zero-order valence-corrected chi connectivity index (χ0v) is 12.5. The maximum atomic E-state index is 12.2. The molecular weight excluding hydrogens is 278 g/mol. The monoisotopic (exact) mass is 297 g/mol. The second-order valence-corrected chi connectivity index (χ2v) is 6.18. The summed E-state index contributed by atoms with van der Waals surface area (Å²) in [5.41, 5.74) is 2.32. The van der Waals surface area contributed by atoms with E-state index in [2.05, 4.69) is 20.0 Å². The molecule has 6 heteroatoms. The normalized spacial score (nSPS) is 17.9. The molecule has 22 heavy (non-hydrogen) atoms. The molecule has 0 radical (unpaired) electrons. The van der Waals surface area contributed by atoms with Crippen molar-refractivity contribution in [3.63, 3.8) is 0 Å². The van der Waals surface area contributed by atoms with Gasteiger partial charge in [0, 0.05) is 37.5 Å². The van der Waals surface area contributed by atoms with Crippen molar-refractivity contribution >= 4 is 5.82 Å². The molecule has 0 N–H and O–H groups in total. The Bertz CT molecular complexity index is 721. The fourth-order valence-corrected chi connectivity index (χ4v) is 3.30. The van der Waals surface area contributed by atoms with Crippen molar-refractivity contribution in [1.29, 1.82) is 0 Å². The number of aryl methyl sites for hydroxylation is 2. The fraction of sp³-hybridized carbons (Fsp3) is 0.500. The summed E-state index contributed by atoms with van der Waals surface area (Å²) in [7, 11) is 0. The third-order valence-corrected chi connectivity index (χ3v) is 4.54. The highest BCUT2D eigenvalue weighted by atomic mass is 16.1. The Morgan fingerprint density at radius 2 is 2.05 bits per heavy atom. The van der Waals surface area contributed by atoms with E-state index in [4.69, 9.17) is 0 Å². The van der Waals surface area contributed by atoms with E-state index in [-0.39, 0.29) is 5.56 Å². The first kappa shape index (κ1) is 13.4. The summed E-state index contributed by atoms with van der Waals surface area (Å²) >= 11 is 0. The number of anilines is 1. The van der Waals surface area contributed by atoms with Crippen LogP contribution in [0.3, 0.4) is 0 Å². The van der Waals surface area contributed by atoms with Gasteiger partial charge in [0.2, 0.25) is 0 Å². The van der Waals surface area contributed by atoms with E-state index in [0.717, 1.165) is 43.0 Å². The highest BCUT2D eigenvalue weighted by Crippen LogP contribution is 2.23. The lowest BCUT2D eigenvalue weighted by Gasteiger charge is -2.39. The number of rotatable bonds is 3. The van der Waals surface area contributed by atoms with Crippen LogP contribution in [0.5, 0.6) is 0 Å². The lowest BCUT2D eigenvalue weighted by Crippen LogP contribution is -2.50. The maximum absolute atomic E-state index is 12.2. The predicted octanol–water partition coefficient (Wildman–Crippen LogP) is 1.05. The third-order valence-electron chi connectivity index (χ3n) is 4.54. The summed E-state index contributed by atoms with van der Waals surface area (Å²) in [6.45, 7) is 2.51. The number of hydrogen-bond acceptors (Lipinski definition) is 5. The predicted molar refractivity (Wildman–Crippen MR) is 82.9 cm³/mol. The van der Waals surface area contributed by atoms with Crippen molar-refractivity contribution in [1.82, 2.24) is 19.7 Å². The van der Waals surface area contributed by atoms with Crippen molar-refractivity contribution in [3.05, 3.63) is 46.3 Å². The van der Waals surface area contributed by atoms with Crippen molar-refractivity contribution in [3.8, 4) is 0 Å². The van der Waals surface area contributed by atoms with Crippen LogP contribution >= 0.6 is 0 Å². The Balaban J connectivity index is 1.44. The molecule has 1 aliphatic heterocycles. The molecular formula is C16H19N5O. The smallest absolute Gasteiger partial charge is 0.267 e. The molecule has 0 unspecified atom stereocenters. The lowest BCUT2D eigenvalue weighted by atomic mass is 9.96. The van der Waals surface area contributed by atoms with Crippen molar-refractivity contribution in [2.75, 3.05) is 18.0 Å². The van der Waals surface area contributed by atoms with Crippen LogP contribution < -0.4 is 10.5 Å². The van der Waals surface area contributed by atoms with Gasteiger partial charge >= 0.3 is 0 Å². The highest BCUT2D eigenvalue weighted by molar-refractivity contribution is 5.38. The summed E-state index contributed by atoms with van der Waals surface area (Å²) in [6.07, 6.45) is 9.53. The third kappa shape index (κ3) is 2.49. The molecule has 3 heterocycles. The van der Waals surface area contributed by atoms with Crippen LogP contribution in [-0.2, 0) is 19.4 Å². The van der Waals surface area contributed by atoms with E-state index in [1.165, 1.54) is 12.8 Å². The van der Waals surface area contributed by atoms with Gasteiger partial charge in [-0.2, -0.15) is 5.10 Å². The Kier molecular flexibility index (Phi) is 3.36. The highest BCUT2D eigenvalue weighted by Gasteiger charge is 2.29. The first-order valence-electron chi connectivity index (χ1n) is 7.90. The van der Waals surface area contributed by atoms with Gasteiger partial charge in [-0.25, -0.2) is 9.67 Å². The molecule has 2 aromatic rings. The van der Waals surface area contributed by atoms with E-state index in [1.807, 2.05) is 0 Å². The van der Waals surface area contributed by atoms with E-state index >= 15 is 0 Å². The van der Waals surface area contributed by atoms with E-state index in [9.17, 15) is 4.79 Å². The van der Waals surface area contributed by atoms with Crippen molar-refractivity contribution in [2.45, 2.75) is 32.2 Å². The zero-order chi connectivity index (χ0) is 14.9. The molecule has 0 aromatic carbocycles. The van der Waals surface area contributed by atoms with Gasteiger partial charge in [0.05, 0.1) is 18.4 Å². The number of hydrogen-bond donors (Lipinski definition) is 0. The first-order chi connectivity index (χ1) is 10.8. The quantitative estimate of drug-likeness (QED) is 0.847. The minimum absolute atomic E-state index is 0.0404. The van der Waals surface area contributed by atoms with Crippen LogP contribution in [0.15, 0.2) is 29.5 Å². The Labute approximate surface area is 128 Å². The van der Waals surface area contributed by atoms with Gasteiger partial charge in [-0.15, -0.1) is 0 Å². The van der Waals surface area contributed by atoms with E-state index in [1.54, 1.807) is 29.3 Å². The van der Waals surface area contributed by atoms with E-state index < -0.39 is 0 Å². The molecule has 114 valence electrons. The summed E-state index contributed by atoms with van der Waals surface area (Å²) in [5, 5.41) is 4.59. The molecule has 2 aliphatic rings. The molecule has 0 bridgehead atoms. The Morgan fingerprint density at radius 1 is 1.18 bits per heavy atom. The topological polar surface area (TPSA) is 63.9 Å². The summed E-state index contributed by atoms with van der Waals surface area (Å²) in [4.78, 5) is 22.7. The van der Waals surface area contributed by atoms with Gasteiger partial charge in [0.25, 0.3) is 5.56 Å². The number of aromatic nitrogens is 4. The molecule has 1 fully saturated rings. The van der Waals surface area contributed by atoms with Crippen LogP contribution in [0.2, 0.25) is 0 Å². The van der Waals surface area contributed by atoms with Crippen LogP contribution in [-0.4, -0.2) is 32.8 Å². The molecule has 1 saturated heterocycles. The molecule has 6 nitrogen and oxygen atoms in total. The standard InChI is InChI=1S/C16H19N5O/c22-16-7-13-3-1-2-4-14(13)19-21(16)11-12-9-20(10-12)15-8-17-5-6-18-15/h5-8,12H,1-4,9-11H2. The second kappa shape index (κ2) is 5.51. The maximum Gasteiger partial charge on any atom is 0.267 e. The van der Waals surface area contributed by atoms with Crippen molar-refractivity contribution < 1.29 is 0 Å². The minimum atomic E-state index is 0.0404. The first-order valence-corrected chi connectivity index (χ1v) is 7.90. The molecule has 1 aliphatic carbocycles. The zero-order valence-electron chi connectivity index (χ0n) is 12.5. The van der Waals surface area contributed by atoms with Gasteiger partial charge in [-0.3, -0.25) is 9.78 Å². The number of fused-ring (bicyclic) bond motifs is 1. The molecule has 0 amide bonds. The Hall–Kier alpha value is -2.24. The molecule has 4 rings (SSSR count). The molecule has 0 saturated carbocycles. The van der Waals surface area contributed by atoms with Crippen LogP contribution in [0.25, 0.3) is 0 Å². The molecule has 0 spiro atoms. The fourth-order valence-electron chi connectivity index (χ4n) is 3.30. The largest absolute Gasteiger partial charge is 0.355 e. The molecule has 2 aromatic heterocycles. The lowest BCUT2D eigenvalue weighted by molar-refractivity contribution is 0.329. The Morgan fingerprint density at radius 3 is 2.86 bits per heavy atom. The van der Waals surface area contributed by atoms with Crippen molar-refractivity contribution in [2.24, 2.45) is 5.92 Å². The molecule has 0 atom stereocenters. The number of nitrogens with zero attached hydrogens (tertiary/aromatic N) is 5. The van der Waals surface area contributed by atoms with Gasteiger partial charge in [0.1, 0.15) is 5.82 Å². The minimum Gasteiger partial charge on any atom is -0.355 e. The summed E-state index contributed by atoms with van der Waals surface area (Å²) < 4.78 is 1.66. The van der Waals surface area contributed by atoms with E-state index in [0.29, 0.717) is 12.5 Å². The average molecular weight is 297 g/mol. The van der Waals surface area contributed by atoms with Gasteiger partial charge < -0.3 is 4.90 Å². The summed E-state index contributed by atoms with van der Waals surface area (Å²) in [5.74, 6) is 1.36. The SMILES string of the molecule is O=c1cc2c(nn1CC1CN(c3cnccn3)C1)CCCC2.